The summed E-state index contributed by atoms with van der Waals surface area (Å²) >= 11 is 0. The van der Waals surface area contributed by atoms with E-state index in [1.54, 1.807) is 114 Å². The summed E-state index contributed by atoms with van der Waals surface area (Å²) in [6.45, 7) is 10.3. The molecule has 0 radical (unpaired) electrons. The Labute approximate surface area is 296 Å². The van der Waals surface area contributed by atoms with Crippen LogP contribution in [-0.2, 0) is 20.8 Å². The Balaban J connectivity index is 1.57. The summed E-state index contributed by atoms with van der Waals surface area (Å²) in [6.07, 6.45) is -0.0579. The summed E-state index contributed by atoms with van der Waals surface area (Å²) in [6, 6.07) is 23.1. The summed E-state index contributed by atoms with van der Waals surface area (Å²) in [5, 5.41) is 5.49. The molecule has 0 saturated heterocycles. The Bertz CT molecular complexity index is 1680. The highest BCUT2D eigenvalue weighted by molar-refractivity contribution is 6.11. The van der Waals surface area contributed by atoms with Crippen LogP contribution in [0.25, 0.3) is 0 Å². The predicted octanol–water partition coefficient (Wildman–Crippen LogP) is 7.30. The smallest absolute Gasteiger partial charge is 0.313 e. The molecule has 4 aromatic rings. The molecule has 0 bridgehead atoms. The van der Waals surface area contributed by atoms with Crippen LogP contribution in [0, 0.1) is 17.8 Å². The molecule has 0 aromatic heterocycles. The molecule has 0 spiro atoms. The van der Waals surface area contributed by atoms with Crippen molar-refractivity contribution in [2.75, 3.05) is 10.6 Å². The molecule has 0 heterocycles. The van der Waals surface area contributed by atoms with Gasteiger partial charge in [-0.1, -0.05) is 53.7 Å². The van der Waals surface area contributed by atoms with Gasteiger partial charge in [0.2, 0.25) is 0 Å². The number of ketones is 1. The standard InChI is InChI=1S/C40H40N2O9/c1-23(2)38(46)49-32-13-7-26(8-14-32)19-35(43)27-20-28(36(44)41-30-9-15-33(16-10-30)50-39(47)24(3)4)22-29(21-27)37(45)42-31-11-17-34(18-12-31)51-40(48)25(5)6/h7-18,20-25H,19H2,1-6H3,(H,41,44)(H,42,45). The topological polar surface area (TPSA) is 154 Å². The minimum absolute atomic E-state index is 0.0493. The third kappa shape index (κ3) is 10.9. The summed E-state index contributed by atoms with van der Waals surface area (Å²) < 4.78 is 15.9. The monoisotopic (exact) mass is 692 g/mol. The molecule has 11 nitrogen and oxygen atoms in total. The quantitative estimate of drug-likeness (QED) is 0.0834. The van der Waals surface area contributed by atoms with E-state index >= 15 is 0 Å². The minimum Gasteiger partial charge on any atom is -0.426 e. The molecule has 11 heteroatoms. The molecule has 0 aliphatic carbocycles. The molecule has 264 valence electrons. The summed E-state index contributed by atoms with van der Waals surface area (Å²) in [4.78, 5) is 76.3. The van der Waals surface area contributed by atoms with Crippen LogP contribution < -0.4 is 24.8 Å². The van der Waals surface area contributed by atoms with Gasteiger partial charge in [-0.15, -0.1) is 0 Å². The van der Waals surface area contributed by atoms with E-state index in [0.717, 1.165) is 0 Å². The lowest BCUT2D eigenvalue weighted by atomic mass is 9.97. The second kappa shape index (κ2) is 17.0. The van der Waals surface area contributed by atoms with Crippen molar-refractivity contribution in [1.82, 2.24) is 0 Å². The van der Waals surface area contributed by atoms with Crippen LogP contribution in [0.2, 0.25) is 0 Å². The van der Waals surface area contributed by atoms with Gasteiger partial charge in [0.15, 0.2) is 5.78 Å². The van der Waals surface area contributed by atoms with Gasteiger partial charge in [0.05, 0.1) is 17.8 Å². The fraction of sp³-hybridized carbons (Fsp3) is 0.250. The van der Waals surface area contributed by atoms with Crippen molar-refractivity contribution in [3.63, 3.8) is 0 Å². The van der Waals surface area contributed by atoms with Crippen molar-refractivity contribution in [3.05, 3.63) is 113 Å². The maximum absolute atomic E-state index is 13.5. The number of Topliss-reactive ketones (excluding diaryl/α,β-unsaturated/α-hetero) is 1. The maximum atomic E-state index is 13.5. The van der Waals surface area contributed by atoms with Crippen molar-refractivity contribution in [2.45, 2.75) is 48.0 Å². The largest absolute Gasteiger partial charge is 0.426 e. The van der Waals surface area contributed by atoms with Crippen LogP contribution in [0.1, 0.15) is 78.2 Å². The number of hydrogen-bond acceptors (Lipinski definition) is 9. The normalized spacial score (nSPS) is 10.8. The van der Waals surface area contributed by atoms with Gasteiger partial charge < -0.3 is 24.8 Å². The van der Waals surface area contributed by atoms with Crippen LogP contribution >= 0.6 is 0 Å². The molecule has 4 aromatic carbocycles. The van der Waals surface area contributed by atoms with E-state index in [1.807, 2.05) is 0 Å². The first-order valence-corrected chi connectivity index (χ1v) is 16.4. The van der Waals surface area contributed by atoms with Gasteiger partial charge in [-0.2, -0.15) is 0 Å². The van der Waals surface area contributed by atoms with Crippen LogP contribution in [0.3, 0.4) is 0 Å². The van der Waals surface area contributed by atoms with E-state index in [0.29, 0.717) is 34.2 Å². The number of anilines is 2. The molecule has 0 fully saturated rings. The molecule has 0 aliphatic heterocycles. The fourth-order valence-corrected chi connectivity index (χ4v) is 4.33. The molecule has 4 rings (SSSR count). The molecule has 2 N–H and O–H groups in total. The third-order valence-corrected chi connectivity index (χ3v) is 7.36. The number of nitrogens with one attached hydrogen (secondary N) is 2. The molecule has 2 amide bonds. The number of hydrogen-bond donors (Lipinski definition) is 2. The lowest BCUT2D eigenvalue weighted by molar-refractivity contribution is -0.138. The Morgan fingerprint density at radius 1 is 0.471 bits per heavy atom. The van der Waals surface area contributed by atoms with Crippen molar-refractivity contribution in [1.29, 1.82) is 0 Å². The molecular formula is C40H40N2O9. The molecular weight excluding hydrogens is 652 g/mol. The van der Waals surface area contributed by atoms with E-state index in [9.17, 15) is 28.8 Å². The van der Waals surface area contributed by atoms with Crippen LogP contribution in [0.5, 0.6) is 17.2 Å². The molecule has 51 heavy (non-hydrogen) atoms. The first kappa shape index (κ1) is 37.7. The second-order valence-electron chi connectivity index (χ2n) is 12.7. The zero-order valence-corrected chi connectivity index (χ0v) is 29.3. The van der Waals surface area contributed by atoms with Gasteiger partial charge in [0.25, 0.3) is 11.8 Å². The SMILES string of the molecule is CC(C)C(=O)Oc1ccc(CC(=O)c2cc(C(=O)Nc3ccc(OC(=O)C(C)C)cc3)cc(C(=O)Nc3ccc(OC(=O)C(C)C)cc3)c2)cc1. The van der Waals surface area contributed by atoms with Crippen molar-refractivity contribution < 1.29 is 43.0 Å². The lowest BCUT2D eigenvalue weighted by Crippen LogP contribution is -2.18. The average Bonchev–Trinajstić information content (AvgIpc) is 3.10. The number of carbonyl (C=O) groups is 6. The summed E-state index contributed by atoms with van der Waals surface area (Å²) in [7, 11) is 0. The zero-order chi connectivity index (χ0) is 37.2. The lowest BCUT2D eigenvalue weighted by Gasteiger charge is -2.12. The Hall–Kier alpha value is -6.10. The number of benzene rings is 4. The van der Waals surface area contributed by atoms with Crippen molar-refractivity contribution in [2.24, 2.45) is 17.8 Å². The summed E-state index contributed by atoms with van der Waals surface area (Å²) in [5.74, 6) is -2.65. The van der Waals surface area contributed by atoms with Gasteiger partial charge in [0.1, 0.15) is 17.2 Å². The second-order valence-corrected chi connectivity index (χ2v) is 12.7. The molecule has 0 atom stereocenters. The highest BCUT2D eigenvalue weighted by Crippen LogP contribution is 2.22. The molecule has 0 aliphatic rings. The first-order valence-electron chi connectivity index (χ1n) is 16.4. The van der Waals surface area contributed by atoms with E-state index in [2.05, 4.69) is 10.6 Å². The van der Waals surface area contributed by atoms with Crippen LogP contribution in [-0.4, -0.2) is 35.5 Å². The van der Waals surface area contributed by atoms with Crippen molar-refractivity contribution in [3.8, 4) is 17.2 Å². The number of carbonyl (C=O) groups excluding carboxylic acids is 6. The van der Waals surface area contributed by atoms with Crippen LogP contribution in [0.15, 0.2) is 91.0 Å². The maximum Gasteiger partial charge on any atom is 0.313 e. The number of esters is 3. The molecule has 0 unspecified atom stereocenters. The zero-order valence-electron chi connectivity index (χ0n) is 29.3. The highest BCUT2D eigenvalue weighted by atomic mass is 16.5. The van der Waals surface area contributed by atoms with E-state index in [-0.39, 0.29) is 52.6 Å². The van der Waals surface area contributed by atoms with Gasteiger partial charge in [-0.3, -0.25) is 28.8 Å². The Kier molecular flexibility index (Phi) is 12.6. The van der Waals surface area contributed by atoms with Gasteiger partial charge in [-0.25, -0.2) is 0 Å². The van der Waals surface area contributed by atoms with E-state index in [1.165, 1.54) is 18.2 Å². The van der Waals surface area contributed by atoms with Crippen LogP contribution in [0.4, 0.5) is 11.4 Å². The van der Waals surface area contributed by atoms with Gasteiger partial charge >= 0.3 is 17.9 Å². The summed E-state index contributed by atoms with van der Waals surface area (Å²) in [5.41, 5.74) is 1.63. The van der Waals surface area contributed by atoms with Gasteiger partial charge in [0, 0.05) is 34.5 Å². The fourth-order valence-electron chi connectivity index (χ4n) is 4.33. The number of amides is 2. The van der Waals surface area contributed by atoms with Gasteiger partial charge in [-0.05, 0) is 84.4 Å². The molecule has 0 saturated carbocycles. The Morgan fingerprint density at radius 2 is 0.784 bits per heavy atom. The number of ether oxygens (including phenoxy) is 3. The third-order valence-electron chi connectivity index (χ3n) is 7.36. The predicted molar refractivity (Wildman–Crippen MR) is 191 cm³/mol. The number of rotatable bonds is 13. The average molecular weight is 693 g/mol. The Morgan fingerprint density at radius 3 is 1.12 bits per heavy atom. The minimum atomic E-state index is -0.585. The van der Waals surface area contributed by atoms with Crippen molar-refractivity contribution >= 4 is 46.9 Å². The highest BCUT2D eigenvalue weighted by Gasteiger charge is 2.19. The van der Waals surface area contributed by atoms with E-state index in [4.69, 9.17) is 14.2 Å². The first-order chi connectivity index (χ1) is 24.2. The van der Waals surface area contributed by atoms with E-state index < -0.39 is 23.8 Å².